The molecule has 0 spiro atoms. The molecule has 2 aromatic rings. The Hall–Kier alpha value is -2.00. The van der Waals surface area contributed by atoms with Crippen LogP contribution in [0.3, 0.4) is 0 Å². The first kappa shape index (κ1) is 16.8. The van der Waals surface area contributed by atoms with E-state index in [2.05, 4.69) is 36.1 Å². The topological polar surface area (TPSA) is 32.7 Å². The van der Waals surface area contributed by atoms with Crippen LogP contribution in [0.15, 0.2) is 48.5 Å². The molecule has 1 heterocycles. The van der Waals surface area contributed by atoms with E-state index in [1.54, 1.807) is 12.1 Å². The molecule has 0 radical (unpaired) electrons. The van der Waals surface area contributed by atoms with Crippen molar-refractivity contribution in [2.45, 2.75) is 26.2 Å². The fourth-order valence-corrected chi connectivity index (χ4v) is 3.34. The van der Waals surface area contributed by atoms with Crippen LogP contribution in [0.1, 0.15) is 24.0 Å². The average Bonchev–Trinajstić information content (AvgIpc) is 2.60. The number of rotatable bonds is 6. The van der Waals surface area contributed by atoms with Crippen molar-refractivity contribution >= 4 is 0 Å². The zero-order chi connectivity index (χ0) is 16.8. The minimum absolute atomic E-state index is 0.217. The van der Waals surface area contributed by atoms with Crippen LogP contribution in [0, 0.1) is 12.8 Å². The van der Waals surface area contributed by atoms with E-state index in [1.807, 2.05) is 12.1 Å². The largest absolute Gasteiger partial charge is 0.504 e. The van der Waals surface area contributed by atoms with Gasteiger partial charge in [0.1, 0.15) is 6.61 Å². The second kappa shape index (κ2) is 8.20. The van der Waals surface area contributed by atoms with Crippen LogP contribution in [0.25, 0.3) is 0 Å². The molecule has 0 amide bonds. The predicted octanol–water partition coefficient (Wildman–Crippen LogP) is 4.03. The molecule has 1 saturated heterocycles. The number of aromatic hydroxyl groups is 1. The van der Waals surface area contributed by atoms with E-state index in [0.717, 1.165) is 25.6 Å². The molecule has 0 saturated carbocycles. The summed E-state index contributed by atoms with van der Waals surface area (Å²) in [5, 5.41) is 9.70. The molecule has 0 aromatic heterocycles. The van der Waals surface area contributed by atoms with Crippen LogP contribution in [0.2, 0.25) is 0 Å². The monoisotopic (exact) mass is 325 g/mol. The summed E-state index contributed by atoms with van der Waals surface area (Å²) >= 11 is 0. The standard InChI is InChI=1S/C21H27NO2/c1-17-6-8-18(9-7-17)16-19-10-12-22(13-11-19)14-15-24-21-5-3-2-4-20(21)23/h2-9,19,23H,10-16H2,1H3. The summed E-state index contributed by atoms with van der Waals surface area (Å²) in [5.41, 5.74) is 2.79. The Balaban J connectivity index is 1.37. The highest BCUT2D eigenvalue weighted by atomic mass is 16.5. The molecule has 1 N–H and O–H groups in total. The Morgan fingerprint density at radius 3 is 2.46 bits per heavy atom. The predicted molar refractivity (Wildman–Crippen MR) is 97.6 cm³/mol. The van der Waals surface area contributed by atoms with Crippen molar-refractivity contribution in [3.63, 3.8) is 0 Å². The fourth-order valence-electron chi connectivity index (χ4n) is 3.34. The lowest BCUT2D eigenvalue weighted by atomic mass is 9.90. The van der Waals surface area contributed by atoms with Crippen molar-refractivity contribution in [2.24, 2.45) is 5.92 Å². The molecular formula is C21H27NO2. The number of hydrogen-bond donors (Lipinski definition) is 1. The minimum Gasteiger partial charge on any atom is -0.504 e. The third-order valence-corrected chi connectivity index (χ3v) is 4.88. The molecule has 1 aliphatic heterocycles. The molecule has 3 rings (SSSR count). The number of ether oxygens (including phenoxy) is 1. The lowest BCUT2D eigenvalue weighted by Gasteiger charge is -2.32. The normalized spacial score (nSPS) is 16.2. The van der Waals surface area contributed by atoms with E-state index in [-0.39, 0.29) is 5.75 Å². The third-order valence-electron chi connectivity index (χ3n) is 4.88. The van der Waals surface area contributed by atoms with Crippen molar-refractivity contribution in [1.29, 1.82) is 0 Å². The highest BCUT2D eigenvalue weighted by molar-refractivity contribution is 5.37. The smallest absolute Gasteiger partial charge is 0.160 e. The zero-order valence-electron chi connectivity index (χ0n) is 14.4. The van der Waals surface area contributed by atoms with Gasteiger partial charge in [-0.05, 0) is 62.9 Å². The van der Waals surface area contributed by atoms with Crippen LogP contribution in [0.5, 0.6) is 11.5 Å². The van der Waals surface area contributed by atoms with Crippen LogP contribution in [0.4, 0.5) is 0 Å². The van der Waals surface area contributed by atoms with Crippen molar-refractivity contribution in [3.05, 3.63) is 59.7 Å². The highest BCUT2D eigenvalue weighted by Crippen LogP contribution is 2.25. The number of phenols is 1. The van der Waals surface area contributed by atoms with Gasteiger partial charge in [-0.25, -0.2) is 0 Å². The molecule has 1 aliphatic rings. The number of piperidine rings is 1. The van der Waals surface area contributed by atoms with Gasteiger partial charge >= 0.3 is 0 Å². The van der Waals surface area contributed by atoms with Gasteiger partial charge in [0.2, 0.25) is 0 Å². The summed E-state index contributed by atoms with van der Waals surface area (Å²) in [5.74, 6) is 1.59. The van der Waals surface area contributed by atoms with Crippen LogP contribution < -0.4 is 4.74 Å². The van der Waals surface area contributed by atoms with E-state index in [4.69, 9.17) is 4.74 Å². The van der Waals surface area contributed by atoms with Crippen molar-refractivity contribution in [2.75, 3.05) is 26.2 Å². The molecule has 24 heavy (non-hydrogen) atoms. The molecule has 0 unspecified atom stereocenters. The van der Waals surface area contributed by atoms with Crippen LogP contribution in [-0.4, -0.2) is 36.2 Å². The van der Waals surface area contributed by atoms with Gasteiger partial charge in [0.05, 0.1) is 0 Å². The minimum atomic E-state index is 0.217. The van der Waals surface area contributed by atoms with Crippen LogP contribution >= 0.6 is 0 Å². The number of benzene rings is 2. The van der Waals surface area contributed by atoms with E-state index in [0.29, 0.717) is 12.4 Å². The first-order chi connectivity index (χ1) is 11.7. The molecule has 0 aliphatic carbocycles. The lowest BCUT2D eigenvalue weighted by Crippen LogP contribution is -2.37. The second-order valence-corrected chi connectivity index (χ2v) is 6.79. The van der Waals surface area contributed by atoms with Crippen molar-refractivity contribution in [1.82, 2.24) is 4.90 Å². The summed E-state index contributed by atoms with van der Waals surface area (Å²) in [6.45, 7) is 5.96. The van der Waals surface area contributed by atoms with Gasteiger partial charge in [-0.1, -0.05) is 42.0 Å². The Morgan fingerprint density at radius 2 is 1.75 bits per heavy atom. The number of para-hydroxylation sites is 2. The maximum atomic E-state index is 9.70. The fraction of sp³-hybridized carbons (Fsp3) is 0.429. The van der Waals surface area contributed by atoms with Crippen molar-refractivity contribution in [3.8, 4) is 11.5 Å². The Kier molecular flexibility index (Phi) is 5.76. The summed E-state index contributed by atoms with van der Waals surface area (Å²) in [6, 6.07) is 16.1. The second-order valence-electron chi connectivity index (χ2n) is 6.79. The van der Waals surface area contributed by atoms with Gasteiger partial charge in [-0.2, -0.15) is 0 Å². The van der Waals surface area contributed by atoms with E-state index in [9.17, 15) is 5.11 Å². The number of aryl methyl sites for hydroxylation is 1. The molecule has 0 bridgehead atoms. The lowest BCUT2D eigenvalue weighted by molar-refractivity contribution is 0.153. The molecule has 3 heteroatoms. The molecule has 1 fully saturated rings. The zero-order valence-corrected chi connectivity index (χ0v) is 14.4. The van der Waals surface area contributed by atoms with Gasteiger partial charge in [0, 0.05) is 6.54 Å². The number of hydrogen-bond acceptors (Lipinski definition) is 3. The third kappa shape index (κ3) is 4.75. The molecule has 0 atom stereocenters. The SMILES string of the molecule is Cc1ccc(CC2CCN(CCOc3ccccc3O)CC2)cc1. The first-order valence-corrected chi connectivity index (χ1v) is 8.89. The summed E-state index contributed by atoms with van der Waals surface area (Å²) < 4.78 is 5.68. The summed E-state index contributed by atoms with van der Waals surface area (Å²) in [7, 11) is 0. The van der Waals surface area contributed by atoms with Gasteiger partial charge in [0.15, 0.2) is 11.5 Å². The van der Waals surface area contributed by atoms with Gasteiger partial charge in [0.25, 0.3) is 0 Å². The molecule has 3 nitrogen and oxygen atoms in total. The number of phenolic OH excluding ortho intramolecular Hbond substituents is 1. The average molecular weight is 325 g/mol. The molecular weight excluding hydrogens is 298 g/mol. The van der Waals surface area contributed by atoms with Gasteiger partial charge < -0.3 is 9.84 Å². The number of nitrogens with zero attached hydrogens (tertiary/aromatic N) is 1. The summed E-state index contributed by atoms with van der Waals surface area (Å²) in [4.78, 5) is 2.46. The quantitative estimate of drug-likeness (QED) is 0.870. The van der Waals surface area contributed by atoms with Gasteiger partial charge in [-0.15, -0.1) is 0 Å². The Labute approximate surface area is 144 Å². The summed E-state index contributed by atoms with van der Waals surface area (Å²) in [6.07, 6.45) is 3.71. The van der Waals surface area contributed by atoms with E-state index < -0.39 is 0 Å². The maximum absolute atomic E-state index is 9.70. The maximum Gasteiger partial charge on any atom is 0.160 e. The van der Waals surface area contributed by atoms with Crippen LogP contribution in [-0.2, 0) is 6.42 Å². The van der Waals surface area contributed by atoms with Crippen molar-refractivity contribution < 1.29 is 9.84 Å². The highest BCUT2D eigenvalue weighted by Gasteiger charge is 2.19. The molecule has 128 valence electrons. The van der Waals surface area contributed by atoms with Gasteiger partial charge in [-0.3, -0.25) is 4.90 Å². The van der Waals surface area contributed by atoms with E-state index >= 15 is 0 Å². The molecule has 2 aromatic carbocycles. The number of likely N-dealkylation sites (tertiary alicyclic amines) is 1. The Morgan fingerprint density at radius 1 is 1.04 bits per heavy atom. The van der Waals surface area contributed by atoms with E-state index in [1.165, 1.54) is 30.4 Å². The first-order valence-electron chi connectivity index (χ1n) is 8.89. The Bertz CT molecular complexity index is 631.